The molecule has 0 saturated carbocycles. The van der Waals surface area contributed by atoms with Crippen LogP contribution in [0.4, 0.5) is 0 Å². The zero-order valence-electron chi connectivity index (χ0n) is 12.1. The van der Waals surface area contributed by atoms with Gasteiger partial charge in [0.2, 0.25) is 6.04 Å². The minimum atomic E-state index is -4.73. The van der Waals surface area contributed by atoms with Crippen LogP contribution >= 0.6 is 0 Å². The van der Waals surface area contributed by atoms with E-state index < -0.39 is 67.8 Å². The van der Waals surface area contributed by atoms with Gasteiger partial charge in [0, 0.05) is 17.8 Å². The molecule has 0 amide bonds. The van der Waals surface area contributed by atoms with Gasteiger partial charge in [-0.15, -0.1) is 0 Å². The summed E-state index contributed by atoms with van der Waals surface area (Å²) < 4.78 is 58.9. The summed E-state index contributed by atoms with van der Waals surface area (Å²) in [4.78, 5) is 9.80. The molecule has 0 radical (unpaired) electrons. The third-order valence-corrected chi connectivity index (χ3v) is 4.33. The van der Waals surface area contributed by atoms with Gasteiger partial charge in [-0.05, 0) is 12.8 Å². The molecule has 0 aliphatic carbocycles. The second kappa shape index (κ2) is 9.32. The molecule has 0 spiro atoms. The van der Waals surface area contributed by atoms with E-state index in [1.807, 2.05) is 0 Å². The molecule has 21 heavy (non-hydrogen) atoms. The summed E-state index contributed by atoms with van der Waals surface area (Å²) in [6, 6.07) is -1.44. The Balaban J connectivity index is -0.00000180. The van der Waals surface area contributed by atoms with Gasteiger partial charge in [-0.1, -0.05) is 0 Å². The van der Waals surface area contributed by atoms with Gasteiger partial charge in [-0.3, -0.25) is 19.2 Å². The van der Waals surface area contributed by atoms with E-state index in [1.54, 1.807) is 0 Å². The number of nitro groups is 1. The second-order valence-corrected chi connectivity index (χ2v) is 7.18. The van der Waals surface area contributed by atoms with Crippen LogP contribution < -0.4 is 29.6 Å². The number of nitrogens with zero attached hydrogens (tertiary/aromatic N) is 1. The molecule has 0 aliphatic heterocycles. The molecule has 0 heterocycles. The van der Waals surface area contributed by atoms with E-state index in [0.717, 1.165) is 0 Å². The quantitative estimate of drug-likeness (QED) is 0.135. The van der Waals surface area contributed by atoms with E-state index in [4.69, 9.17) is 19.3 Å². The maximum atomic E-state index is 10.6. The molecule has 0 fully saturated rings. The fourth-order valence-corrected chi connectivity index (χ4v) is 2.19. The van der Waals surface area contributed by atoms with Crippen molar-refractivity contribution in [1.82, 2.24) is 0 Å². The summed E-state index contributed by atoms with van der Waals surface area (Å²) in [6.07, 6.45) is -2.20. The predicted molar refractivity (Wildman–Crippen MR) is 65.5 cm³/mol. The van der Waals surface area contributed by atoms with Gasteiger partial charge in [-0.25, -0.2) is 0 Å². The van der Waals surface area contributed by atoms with Crippen LogP contribution in [0.5, 0.6) is 0 Å². The van der Waals surface area contributed by atoms with E-state index in [9.17, 15) is 26.9 Å². The summed E-state index contributed by atoms with van der Waals surface area (Å²) in [5.41, 5.74) is -4.37. The smallest absolute Gasteiger partial charge is 1.00 e. The summed E-state index contributed by atoms with van der Waals surface area (Å²) in [5.74, 6) is 0. The van der Waals surface area contributed by atoms with E-state index in [2.05, 4.69) is 0 Å². The Bertz CT molecular complexity index is 495. The molecule has 14 heteroatoms. The fraction of sp³-hybridized carbons (Fsp3) is 1.00. The van der Waals surface area contributed by atoms with Crippen molar-refractivity contribution in [2.75, 3.05) is 0 Å². The molecular weight excluding hydrogens is 345 g/mol. The molecule has 0 saturated heterocycles. The Morgan fingerprint density at radius 3 is 1.38 bits per heavy atom. The number of aliphatic hydroxyl groups excluding tert-OH is 2. The topological polar surface area (TPSA) is 192 Å². The summed E-state index contributed by atoms with van der Waals surface area (Å²) in [5, 5.41) is 28.6. The first kappa shape index (κ1) is 23.4. The molecule has 0 aromatic carbocycles. The Morgan fingerprint density at radius 1 is 0.905 bits per heavy atom. The number of aliphatic hydroxyl groups is 2. The van der Waals surface area contributed by atoms with Crippen molar-refractivity contribution in [3.05, 3.63) is 10.1 Å². The number of hydrogen-bond acceptors (Lipinski definition) is 8. The van der Waals surface area contributed by atoms with Crippen molar-refractivity contribution in [3.8, 4) is 0 Å². The van der Waals surface area contributed by atoms with E-state index in [1.165, 1.54) is 0 Å². The molecule has 4 N–H and O–H groups in total. The Labute approximate surface area is 144 Å². The Morgan fingerprint density at radius 2 is 1.19 bits per heavy atom. The van der Waals surface area contributed by atoms with Crippen molar-refractivity contribution in [1.29, 1.82) is 0 Å². The minimum Gasteiger partial charge on any atom is -1.00 e. The summed E-state index contributed by atoms with van der Waals surface area (Å²) in [7, 11) is -9.46. The monoisotopic (exact) mass is 361 g/mol. The van der Waals surface area contributed by atoms with Gasteiger partial charge in [-0.2, -0.15) is 16.8 Å². The van der Waals surface area contributed by atoms with Crippen LogP contribution in [0.25, 0.3) is 0 Å². The van der Waals surface area contributed by atoms with E-state index >= 15 is 0 Å². The molecule has 0 aromatic heterocycles. The van der Waals surface area contributed by atoms with Gasteiger partial charge in [0.05, 0.1) is 0 Å². The number of hydrogen-bond donors (Lipinski definition) is 4. The Hall–Kier alpha value is 0.140. The van der Waals surface area contributed by atoms with E-state index in [0.29, 0.717) is 0 Å². The van der Waals surface area contributed by atoms with Crippen molar-refractivity contribution in [2.24, 2.45) is 0 Å². The van der Waals surface area contributed by atoms with Crippen molar-refractivity contribution in [3.63, 3.8) is 0 Å². The van der Waals surface area contributed by atoms with Gasteiger partial charge >= 0.3 is 29.6 Å². The van der Waals surface area contributed by atoms with Crippen molar-refractivity contribution < 1.29 is 72.1 Å². The summed E-state index contributed by atoms with van der Waals surface area (Å²) in [6.45, 7) is 0. The average Bonchev–Trinajstić information content (AvgIpc) is 2.24. The largest absolute Gasteiger partial charge is 1.00 e. The van der Waals surface area contributed by atoms with Crippen LogP contribution in [0.3, 0.4) is 0 Å². The minimum absolute atomic E-state index is 0. The molecule has 122 valence electrons. The second-order valence-electron chi connectivity index (χ2n) is 4.03. The third-order valence-electron chi connectivity index (χ3n) is 2.48. The molecule has 0 aliphatic rings. The summed E-state index contributed by atoms with van der Waals surface area (Å²) >= 11 is 0. The van der Waals surface area contributed by atoms with Gasteiger partial charge in [0.15, 0.2) is 10.9 Å². The van der Waals surface area contributed by atoms with Gasteiger partial charge in [0.25, 0.3) is 20.2 Å². The molecule has 2 unspecified atom stereocenters. The van der Waals surface area contributed by atoms with Crippen LogP contribution in [0.15, 0.2) is 0 Å². The molecule has 2 atom stereocenters. The van der Waals surface area contributed by atoms with Crippen LogP contribution in [0, 0.1) is 10.1 Å². The van der Waals surface area contributed by atoms with Gasteiger partial charge in [0.1, 0.15) is 0 Å². The van der Waals surface area contributed by atoms with Crippen LogP contribution in [0.1, 0.15) is 27.1 Å². The van der Waals surface area contributed by atoms with Crippen LogP contribution in [-0.4, -0.2) is 58.0 Å². The average molecular weight is 361 g/mol. The first-order valence-corrected chi connectivity index (χ1v) is 8.28. The molecular formula is C7H16NNaO10S2. The van der Waals surface area contributed by atoms with E-state index in [-0.39, 0.29) is 31.0 Å². The SMILES string of the molecule is O=[N+]([O-])C(CCC(O)S(=O)(=O)O)CCC(O)S(=O)(=O)O.[H-].[Na+]. The first-order chi connectivity index (χ1) is 8.85. The molecule has 11 nitrogen and oxygen atoms in total. The first-order valence-electron chi connectivity index (χ1n) is 5.28. The zero-order valence-corrected chi connectivity index (χ0v) is 14.7. The predicted octanol–water partition coefficient (Wildman–Crippen LogP) is -4.28. The van der Waals surface area contributed by atoms with Crippen LogP contribution in [-0.2, 0) is 20.2 Å². The normalized spacial score (nSPS) is 16.6. The fourth-order valence-electron chi connectivity index (χ4n) is 1.32. The standard InChI is InChI=1S/C7H15NO10S2.Na.H/c9-6(19(13,14)15)3-1-5(8(11)12)2-4-7(10)20(16,17)18;;/h5-7,9-10H,1-4H2,(H,13,14,15)(H,16,17,18);;/q;+1;-1. The third kappa shape index (κ3) is 9.70. The maximum absolute atomic E-state index is 10.6. The van der Waals surface area contributed by atoms with Crippen LogP contribution in [0.2, 0.25) is 0 Å². The Kier molecular flexibility index (Phi) is 10.4. The molecule has 0 aromatic rings. The van der Waals surface area contributed by atoms with Crippen molar-refractivity contribution in [2.45, 2.75) is 42.6 Å². The zero-order chi connectivity index (χ0) is 16.1. The van der Waals surface area contributed by atoms with Gasteiger partial charge < -0.3 is 11.6 Å². The molecule has 0 rings (SSSR count). The number of rotatable bonds is 9. The molecule has 0 bridgehead atoms. The maximum Gasteiger partial charge on any atom is 1.00 e. The van der Waals surface area contributed by atoms with Crippen molar-refractivity contribution >= 4 is 20.2 Å².